The molecular weight excluding hydrogens is 601 g/mol. The van der Waals surface area contributed by atoms with Crippen LogP contribution in [-0.2, 0) is 4.79 Å². The van der Waals surface area contributed by atoms with E-state index in [1.165, 1.54) is 83.3 Å². The highest BCUT2D eigenvalue weighted by Gasteiger charge is 2.34. The van der Waals surface area contributed by atoms with Gasteiger partial charge >= 0.3 is 5.97 Å². The van der Waals surface area contributed by atoms with E-state index in [1.807, 2.05) is 6.92 Å². The Kier molecular flexibility index (Phi) is 16.8. The number of halogens is 3. The molecule has 0 spiro atoms. The van der Waals surface area contributed by atoms with Gasteiger partial charge in [-0.05, 0) is 56.0 Å². The topological polar surface area (TPSA) is 61.3 Å². The SMILES string of the molecule is CCCCCCCCCCCCCCCOc1c(F)cc(-c2ncc(-c3ccc(OC(=O)[C@@](C)(F)CCCCC)cc3)cn2)cc1F. The minimum absolute atomic E-state index is 0.116. The van der Waals surface area contributed by atoms with Crippen LogP contribution in [0.1, 0.15) is 130 Å². The van der Waals surface area contributed by atoms with Gasteiger partial charge < -0.3 is 9.47 Å². The van der Waals surface area contributed by atoms with Crippen LogP contribution in [-0.4, -0.2) is 28.2 Å². The van der Waals surface area contributed by atoms with Crippen LogP contribution in [0.15, 0.2) is 48.8 Å². The molecule has 0 aliphatic rings. The zero-order chi connectivity index (χ0) is 33.9. The molecular formula is C39H53F3N2O3. The van der Waals surface area contributed by atoms with E-state index in [1.54, 1.807) is 36.7 Å². The van der Waals surface area contributed by atoms with Crippen LogP contribution in [0.5, 0.6) is 11.5 Å². The molecule has 0 amide bonds. The third kappa shape index (κ3) is 13.3. The number of aromatic nitrogens is 2. The molecule has 3 aromatic rings. The fourth-order valence-electron chi connectivity index (χ4n) is 5.49. The summed E-state index contributed by atoms with van der Waals surface area (Å²) in [5.41, 5.74) is -0.459. The van der Waals surface area contributed by atoms with Gasteiger partial charge in [-0.2, -0.15) is 0 Å². The first-order chi connectivity index (χ1) is 22.7. The monoisotopic (exact) mass is 654 g/mol. The van der Waals surface area contributed by atoms with Crippen molar-refractivity contribution in [3.8, 4) is 34.0 Å². The highest BCUT2D eigenvalue weighted by atomic mass is 19.1. The first-order valence-corrected chi connectivity index (χ1v) is 17.7. The summed E-state index contributed by atoms with van der Waals surface area (Å²) < 4.78 is 55.0. The lowest BCUT2D eigenvalue weighted by molar-refractivity contribution is -0.147. The third-order valence-electron chi connectivity index (χ3n) is 8.48. The van der Waals surface area contributed by atoms with Crippen LogP contribution < -0.4 is 9.47 Å². The normalized spacial score (nSPS) is 12.6. The second-order valence-corrected chi connectivity index (χ2v) is 12.7. The van der Waals surface area contributed by atoms with Crippen LogP contribution in [0.4, 0.5) is 13.2 Å². The van der Waals surface area contributed by atoms with Crippen molar-refractivity contribution < 1.29 is 27.4 Å². The van der Waals surface area contributed by atoms with Crippen LogP contribution in [0, 0.1) is 11.6 Å². The summed E-state index contributed by atoms with van der Waals surface area (Å²) in [6, 6.07) is 8.92. The Morgan fingerprint density at radius 2 is 1.17 bits per heavy atom. The maximum absolute atomic E-state index is 14.8. The van der Waals surface area contributed by atoms with Gasteiger partial charge in [0, 0.05) is 23.5 Å². The number of unbranched alkanes of at least 4 members (excludes halogenated alkanes) is 14. The quantitative estimate of drug-likeness (QED) is 0.0578. The van der Waals surface area contributed by atoms with Crippen molar-refractivity contribution in [3.05, 3.63) is 60.4 Å². The maximum Gasteiger partial charge on any atom is 0.348 e. The van der Waals surface area contributed by atoms with Crippen LogP contribution in [0.3, 0.4) is 0 Å². The van der Waals surface area contributed by atoms with E-state index in [0.29, 0.717) is 12.0 Å². The summed E-state index contributed by atoms with van der Waals surface area (Å²) in [5, 5.41) is 0. The lowest BCUT2D eigenvalue weighted by Gasteiger charge is -2.18. The molecule has 0 bridgehead atoms. The molecule has 0 N–H and O–H groups in total. The van der Waals surface area contributed by atoms with E-state index in [0.717, 1.165) is 37.7 Å². The Morgan fingerprint density at radius 3 is 1.70 bits per heavy atom. The lowest BCUT2D eigenvalue weighted by Crippen LogP contribution is -2.34. The summed E-state index contributed by atoms with van der Waals surface area (Å²) >= 11 is 0. The Balaban J connectivity index is 1.42. The number of rotatable bonds is 23. The second-order valence-electron chi connectivity index (χ2n) is 12.7. The van der Waals surface area contributed by atoms with E-state index < -0.39 is 23.3 Å². The van der Waals surface area contributed by atoms with Gasteiger partial charge in [-0.25, -0.2) is 27.9 Å². The van der Waals surface area contributed by atoms with E-state index >= 15 is 0 Å². The van der Waals surface area contributed by atoms with E-state index in [2.05, 4.69) is 16.9 Å². The summed E-state index contributed by atoms with van der Waals surface area (Å²) in [6.07, 6.45) is 21.5. The third-order valence-corrected chi connectivity index (χ3v) is 8.48. The van der Waals surface area contributed by atoms with Gasteiger partial charge in [-0.1, -0.05) is 116 Å². The highest BCUT2D eigenvalue weighted by molar-refractivity contribution is 5.81. The largest absolute Gasteiger partial charge is 0.488 e. The number of carbonyl (C=O) groups is 1. The smallest absolute Gasteiger partial charge is 0.348 e. The molecule has 8 heteroatoms. The number of esters is 1. The van der Waals surface area contributed by atoms with Gasteiger partial charge in [-0.3, -0.25) is 0 Å². The molecule has 0 unspecified atom stereocenters. The number of hydrogen-bond acceptors (Lipinski definition) is 5. The Labute approximate surface area is 279 Å². The van der Waals surface area contributed by atoms with Crippen molar-refractivity contribution in [2.75, 3.05) is 6.61 Å². The predicted molar refractivity (Wildman–Crippen MR) is 183 cm³/mol. The molecule has 1 heterocycles. The molecule has 0 aliphatic heterocycles. The maximum atomic E-state index is 14.8. The zero-order valence-electron chi connectivity index (χ0n) is 28.6. The minimum Gasteiger partial charge on any atom is -0.488 e. The number of hydrogen-bond donors (Lipinski definition) is 0. The molecule has 47 heavy (non-hydrogen) atoms. The van der Waals surface area contributed by atoms with Crippen LogP contribution in [0.2, 0.25) is 0 Å². The van der Waals surface area contributed by atoms with Crippen molar-refractivity contribution >= 4 is 5.97 Å². The molecule has 2 aromatic carbocycles. The standard InChI is InChI=1S/C39H53F3N2O3/c1-4-6-8-9-10-11-12-13-14-15-16-17-19-25-46-36-34(40)26-31(27-35(36)41)37-43-28-32(29-44-37)30-20-22-33(23-21-30)47-38(45)39(3,42)24-18-7-5-2/h20-23,26-29H,4-19,24-25H2,1-3H3/t39-/m0/s1. The van der Waals surface area contributed by atoms with Gasteiger partial charge in [0.1, 0.15) is 5.75 Å². The zero-order valence-corrected chi connectivity index (χ0v) is 28.6. The highest BCUT2D eigenvalue weighted by Crippen LogP contribution is 2.29. The summed E-state index contributed by atoms with van der Waals surface area (Å²) in [7, 11) is 0. The summed E-state index contributed by atoms with van der Waals surface area (Å²) in [5.74, 6) is -2.46. The van der Waals surface area contributed by atoms with Gasteiger partial charge in [0.15, 0.2) is 23.2 Å². The van der Waals surface area contributed by atoms with Crippen molar-refractivity contribution in [2.45, 2.75) is 136 Å². The summed E-state index contributed by atoms with van der Waals surface area (Å²) in [6.45, 7) is 5.77. The summed E-state index contributed by atoms with van der Waals surface area (Å²) in [4.78, 5) is 20.9. The fraction of sp³-hybridized carbons (Fsp3) is 0.564. The van der Waals surface area contributed by atoms with E-state index in [4.69, 9.17) is 9.47 Å². The van der Waals surface area contributed by atoms with Gasteiger partial charge in [0.05, 0.1) is 6.61 Å². The molecule has 0 aliphatic carbocycles. The first-order valence-electron chi connectivity index (χ1n) is 17.7. The Bertz CT molecular complexity index is 1310. The number of benzene rings is 2. The van der Waals surface area contributed by atoms with Crippen molar-refractivity contribution in [1.82, 2.24) is 9.97 Å². The van der Waals surface area contributed by atoms with Crippen molar-refractivity contribution in [2.24, 2.45) is 0 Å². The molecule has 1 aromatic heterocycles. The lowest BCUT2D eigenvalue weighted by atomic mass is 10.0. The molecule has 0 saturated carbocycles. The molecule has 0 saturated heterocycles. The van der Waals surface area contributed by atoms with Crippen LogP contribution >= 0.6 is 0 Å². The van der Waals surface area contributed by atoms with Gasteiger partial charge in [0.2, 0.25) is 5.67 Å². The predicted octanol–water partition coefficient (Wildman–Crippen LogP) is 11.8. The van der Waals surface area contributed by atoms with Gasteiger partial charge in [0.25, 0.3) is 0 Å². The average molecular weight is 655 g/mol. The van der Waals surface area contributed by atoms with Crippen molar-refractivity contribution in [3.63, 3.8) is 0 Å². The van der Waals surface area contributed by atoms with Crippen LogP contribution in [0.25, 0.3) is 22.5 Å². The van der Waals surface area contributed by atoms with Crippen molar-refractivity contribution in [1.29, 1.82) is 0 Å². The Hall–Kier alpha value is -3.42. The fourth-order valence-corrected chi connectivity index (χ4v) is 5.49. The molecule has 5 nitrogen and oxygen atoms in total. The Morgan fingerprint density at radius 1 is 0.681 bits per heavy atom. The molecule has 1 atom stereocenters. The average Bonchev–Trinajstić information content (AvgIpc) is 3.06. The van der Waals surface area contributed by atoms with E-state index in [-0.39, 0.29) is 35.9 Å². The number of nitrogens with zero attached hydrogens (tertiary/aromatic N) is 2. The minimum atomic E-state index is -2.05. The van der Waals surface area contributed by atoms with E-state index in [9.17, 15) is 18.0 Å². The molecule has 3 rings (SSSR count). The second kappa shape index (κ2) is 20.7. The van der Waals surface area contributed by atoms with Gasteiger partial charge in [-0.15, -0.1) is 0 Å². The molecule has 0 fully saturated rings. The first kappa shape index (κ1) is 38.0. The molecule has 0 radical (unpaired) electrons. The number of carbonyl (C=O) groups excluding carboxylic acids is 1. The number of ether oxygens (including phenoxy) is 2. The molecule has 258 valence electrons. The number of alkyl halides is 1.